The van der Waals surface area contributed by atoms with Crippen molar-refractivity contribution in [2.24, 2.45) is 7.05 Å². The van der Waals surface area contributed by atoms with Gasteiger partial charge in [-0.25, -0.2) is 22.8 Å². The molecule has 2 N–H and O–H groups in total. The lowest BCUT2D eigenvalue weighted by molar-refractivity contribution is 0.0676. The summed E-state index contributed by atoms with van der Waals surface area (Å²) in [7, 11) is 1.25. The average molecular weight is 300 g/mol. The van der Waals surface area contributed by atoms with E-state index in [1.807, 2.05) is 0 Å². The fourth-order valence-corrected chi connectivity index (χ4v) is 1.80. The smallest absolute Gasteiger partial charge is 0.356 e. The van der Waals surface area contributed by atoms with Gasteiger partial charge in [-0.1, -0.05) is 0 Å². The van der Waals surface area contributed by atoms with Crippen molar-refractivity contribution in [1.29, 1.82) is 0 Å². The summed E-state index contributed by atoms with van der Waals surface area (Å²) in [5, 5.41) is 20.9. The molecule has 9 heteroatoms. The molecule has 1 heterocycles. The molecule has 0 fully saturated rings. The predicted molar refractivity (Wildman–Crippen MR) is 62.4 cm³/mol. The molecule has 21 heavy (non-hydrogen) atoms. The van der Waals surface area contributed by atoms with E-state index in [1.54, 1.807) is 0 Å². The lowest BCUT2D eigenvalue weighted by Gasteiger charge is -2.07. The molecule has 0 atom stereocenters. The Hall–Kier alpha value is -2.84. The van der Waals surface area contributed by atoms with E-state index in [0.717, 1.165) is 10.7 Å². The zero-order chi connectivity index (χ0) is 15.9. The molecule has 0 spiro atoms. The zero-order valence-corrected chi connectivity index (χ0v) is 10.4. The van der Waals surface area contributed by atoms with Crippen LogP contribution >= 0.6 is 0 Å². The summed E-state index contributed by atoms with van der Waals surface area (Å²) in [5.74, 6) is -8.30. The largest absolute Gasteiger partial charge is 0.477 e. The first-order valence-corrected chi connectivity index (χ1v) is 5.42. The first kappa shape index (κ1) is 14.6. The number of nitrogens with zero attached hydrogens (tertiary/aromatic N) is 2. The highest BCUT2D eigenvalue weighted by Gasteiger charge is 2.26. The molecule has 0 aliphatic rings. The third-order valence-electron chi connectivity index (χ3n) is 2.75. The van der Waals surface area contributed by atoms with E-state index in [4.69, 9.17) is 10.2 Å². The van der Waals surface area contributed by atoms with Crippen LogP contribution in [0.4, 0.5) is 13.2 Å². The topological polar surface area (TPSA) is 92.4 Å². The standard InChI is InChI=1S/C12H7F3N2O4/c1-17-7(3-6(16-17)11(18)19)4-2-5(13)8(12(20)21)10(15)9(4)14/h2-3H,1H3,(H,18,19)(H,20,21). The fraction of sp³-hybridized carbons (Fsp3) is 0.0833. The van der Waals surface area contributed by atoms with Crippen LogP contribution in [-0.2, 0) is 7.05 Å². The highest BCUT2D eigenvalue weighted by molar-refractivity contribution is 5.90. The average Bonchev–Trinajstić information content (AvgIpc) is 2.76. The third-order valence-corrected chi connectivity index (χ3v) is 2.75. The number of hydrogen-bond donors (Lipinski definition) is 2. The summed E-state index contributed by atoms with van der Waals surface area (Å²) in [6.45, 7) is 0. The molecule has 0 saturated heterocycles. The Kier molecular flexibility index (Phi) is 3.42. The molecule has 0 radical (unpaired) electrons. The van der Waals surface area contributed by atoms with Gasteiger partial charge in [0.2, 0.25) is 0 Å². The van der Waals surface area contributed by atoms with Crippen molar-refractivity contribution in [1.82, 2.24) is 9.78 Å². The molecule has 0 aliphatic heterocycles. The lowest BCUT2D eigenvalue weighted by atomic mass is 10.1. The molecule has 1 aromatic carbocycles. The van der Waals surface area contributed by atoms with Crippen molar-refractivity contribution >= 4 is 11.9 Å². The minimum Gasteiger partial charge on any atom is -0.477 e. The monoisotopic (exact) mass is 300 g/mol. The molecular weight excluding hydrogens is 293 g/mol. The van der Waals surface area contributed by atoms with Gasteiger partial charge >= 0.3 is 11.9 Å². The van der Waals surface area contributed by atoms with Gasteiger partial charge in [-0.2, -0.15) is 5.10 Å². The number of aryl methyl sites for hydroxylation is 1. The lowest BCUT2D eigenvalue weighted by Crippen LogP contribution is -2.09. The molecule has 0 amide bonds. The van der Waals surface area contributed by atoms with Crippen LogP contribution in [0.5, 0.6) is 0 Å². The Balaban J connectivity index is 2.71. The quantitative estimate of drug-likeness (QED) is 0.845. The van der Waals surface area contributed by atoms with Gasteiger partial charge in [0.25, 0.3) is 0 Å². The van der Waals surface area contributed by atoms with E-state index in [0.29, 0.717) is 6.07 Å². The van der Waals surface area contributed by atoms with Gasteiger partial charge in [-0.15, -0.1) is 0 Å². The van der Waals surface area contributed by atoms with Gasteiger partial charge in [-0.05, 0) is 12.1 Å². The molecular formula is C12H7F3N2O4. The normalized spacial score (nSPS) is 10.7. The second-order valence-corrected chi connectivity index (χ2v) is 4.06. The van der Waals surface area contributed by atoms with Crippen molar-refractivity contribution in [2.75, 3.05) is 0 Å². The number of halogens is 3. The Morgan fingerprint density at radius 2 is 1.71 bits per heavy atom. The Morgan fingerprint density at radius 3 is 2.19 bits per heavy atom. The van der Waals surface area contributed by atoms with E-state index in [9.17, 15) is 22.8 Å². The fourth-order valence-electron chi connectivity index (χ4n) is 1.80. The highest BCUT2D eigenvalue weighted by atomic mass is 19.2. The first-order chi connectivity index (χ1) is 9.73. The maximum Gasteiger partial charge on any atom is 0.356 e. The summed E-state index contributed by atoms with van der Waals surface area (Å²) in [6.07, 6.45) is 0. The van der Waals surface area contributed by atoms with E-state index in [2.05, 4.69) is 5.10 Å². The first-order valence-electron chi connectivity index (χ1n) is 5.42. The number of aromatic nitrogens is 2. The van der Waals surface area contributed by atoms with Crippen molar-refractivity contribution < 1.29 is 33.0 Å². The van der Waals surface area contributed by atoms with E-state index < -0.39 is 46.2 Å². The maximum absolute atomic E-state index is 13.9. The number of hydrogen-bond acceptors (Lipinski definition) is 3. The third kappa shape index (κ3) is 2.33. The van der Waals surface area contributed by atoms with E-state index >= 15 is 0 Å². The number of carboxylic acids is 2. The Labute approximate surface area is 115 Å². The molecule has 1 aromatic heterocycles. The van der Waals surface area contributed by atoms with Gasteiger partial charge in [0.1, 0.15) is 11.4 Å². The van der Waals surface area contributed by atoms with Gasteiger partial charge in [0.15, 0.2) is 17.3 Å². The summed E-state index contributed by atoms with van der Waals surface area (Å²) in [6, 6.07) is 1.39. The summed E-state index contributed by atoms with van der Waals surface area (Å²) in [5.41, 5.74) is -2.70. The predicted octanol–water partition coefficient (Wildman–Crippen LogP) is 1.90. The summed E-state index contributed by atoms with van der Waals surface area (Å²) < 4.78 is 42.0. The van der Waals surface area contributed by atoms with Crippen molar-refractivity contribution in [3.05, 3.63) is 40.8 Å². The van der Waals surface area contributed by atoms with Crippen molar-refractivity contribution in [2.45, 2.75) is 0 Å². The van der Waals surface area contributed by atoms with Crippen molar-refractivity contribution in [3.8, 4) is 11.3 Å². The molecule has 0 aliphatic carbocycles. The number of aromatic carboxylic acids is 2. The number of benzene rings is 1. The molecule has 2 aromatic rings. The zero-order valence-electron chi connectivity index (χ0n) is 10.4. The van der Waals surface area contributed by atoms with Crippen LogP contribution in [0.1, 0.15) is 20.8 Å². The number of carbonyl (C=O) groups is 2. The molecule has 110 valence electrons. The van der Waals surface area contributed by atoms with Crippen LogP contribution in [0.15, 0.2) is 12.1 Å². The second-order valence-electron chi connectivity index (χ2n) is 4.06. The maximum atomic E-state index is 13.9. The van der Waals surface area contributed by atoms with E-state index in [1.165, 1.54) is 7.05 Å². The van der Waals surface area contributed by atoms with Crippen molar-refractivity contribution in [3.63, 3.8) is 0 Å². The molecule has 0 bridgehead atoms. The van der Waals surface area contributed by atoms with Gasteiger partial charge in [0.05, 0.1) is 5.69 Å². The van der Waals surface area contributed by atoms with Gasteiger partial charge in [-0.3, -0.25) is 4.68 Å². The summed E-state index contributed by atoms with van der Waals surface area (Å²) >= 11 is 0. The molecule has 6 nitrogen and oxygen atoms in total. The van der Waals surface area contributed by atoms with Crippen LogP contribution in [-0.4, -0.2) is 31.9 Å². The number of carboxylic acid groups (broad SMARTS) is 2. The SMILES string of the molecule is Cn1nc(C(=O)O)cc1-c1cc(F)c(C(=O)O)c(F)c1F. The highest BCUT2D eigenvalue weighted by Crippen LogP contribution is 2.28. The summed E-state index contributed by atoms with van der Waals surface area (Å²) in [4.78, 5) is 21.4. The minimum atomic E-state index is -1.95. The van der Waals surface area contributed by atoms with Crippen LogP contribution in [0.3, 0.4) is 0 Å². The van der Waals surface area contributed by atoms with Gasteiger partial charge < -0.3 is 10.2 Å². The Bertz CT molecular complexity index is 770. The number of rotatable bonds is 3. The van der Waals surface area contributed by atoms with Crippen LogP contribution in [0.2, 0.25) is 0 Å². The van der Waals surface area contributed by atoms with Crippen LogP contribution in [0.25, 0.3) is 11.3 Å². The van der Waals surface area contributed by atoms with Gasteiger partial charge in [0, 0.05) is 12.6 Å². The van der Waals surface area contributed by atoms with Crippen LogP contribution < -0.4 is 0 Å². The van der Waals surface area contributed by atoms with Crippen LogP contribution in [0, 0.1) is 17.5 Å². The van der Waals surface area contributed by atoms with E-state index in [-0.39, 0.29) is 5.69 Å². The molecule has 0 saturated carbocycles. The minimum absolute atomic E-state index is 0.209. The molecule has 2 rings (SSSR count). The second kappa shape index (κ2) is 4.93. The molecule has 0 unspecified atom stereocenters. The Morgan fingerprint density at radius 1 is 1.10 bits per heavy atom.